The minimum absolute atomic E-state index is 0.500. The maximum Gasteiger partial charge on any atom is 0.191 e. The second-order valence-electron chi connectivity index (χ2n) is 4.89. The summed E-state index contributed by atoms with van der Waals surface area (Å²) in [6, 6.07) is 7.95. The third-order valence-corrected chi connectivity index (χ3v) is 4.22. The number of nitrogens with zero attached hydrogens (tertiary/aromatic N) is 3. The zero-order valence-electron chi connectivity index (χ0n) is 12.4. The first kappa shape index (κ1) is 16.0. The molecule has 1 unspecified atom stereocenters. The molecule has 0 bridgehead atoms. The number of rotatable bonds is 8. The topological polar surface area (TPSA) is 60.2 Å². The molecule has 0 aliphatic heterocycles. The highest BCUT2D eigenvalue weighted by Gasteiger charge is 2.11. The standard InChI is InChI=1S/C15H21N3O2S/c1-12-4-6-13(7-5-12)14(19)10-21-15-17-16-11-18(15)8-3-9-20-2/h4-7,11,14,19H,3,8-10H2,1-2H3. The Morgan fingerprint density at radius 3 is 2.81 bits per heavy atom. The Bertz CT molecular complexity index is 542. The van der Waals surface area contributed by atoms with Gasteiger partial charge in [0.2, 0.25) is 0 Å². The van der Waals surface area contributed by atoms with Crippen molar-refractivity contribution in [3.63, 3.8) is 0 Å². The number of hydrogen-bond acceptors (Lipinski definition) is 5. The van der Waals surface area contributed by atoms with Crippen molar-refractivity contribution in [1.82, 2.24) is 14.8 Å². The number of aryl methyl sites for hydroxylation is 2. The number of benzene rings is 1. The van der Waals surface area contributed by atoms with E-state index in [0.717, 1.165) is 23.7 Å². The molecule has 0 aliphatic rings. The molecule has 1 aromatic heterocycles. The van der Waals surface area contributed by atoms with Crippen LogP contribution in [0.5, 0.6) is 0 Å². The molecule has 21 heavy (non-hydrogen) atoms. The lowest BCUT2D eigenvalue weighted by Crippen LogP contribution is -2.05. The zero-order valence-corrected chi connectivity index (χ0v) is 13.2. The lowest BCUT2D eigenvalue weighted by molar-refractivity contribution is 0.189. The van der Waals surface area contributed by atoms with E-state index in [0.29, 0.717) is 12.4 Å². The van der Waals surface area contributed by atoms with Gasteiger partial charge in [0, 0.05) is 26.0 Å². The van der Waals surface area contributed by atoms with Gasteiger partial charge in [-0.25, -0.2) is 0 Å². The van der Waals surface area contributed by atoms with Crippen LogP contribution in [0.2, 0.25) is 0 Å². The van der Waals surface area contributed by atoms with Crippen LogP contribution in [-0.2, 0) is 11.3 Å². The summed E-state index contributed by atoms with van der Waals surface area (Å²) in [5.74, 6) is 0.562. The number of aliphatic hydroxyl groups is 1. The number of thioether (sulfide) groups is 1. The van der Waals surface area contributed by atoms with Gasteiger partial charge in [-0.1, -0.05) is 41.6 Å². The molecule has 0 saturated carbocycles. The second-order valence-corrected chi connectivity index (χ2v) is 5.88. The normalized spacial score (nSPS) is 12.5. The largest absolute Gasteiger partial charge is 0.388 e. The molecule has 114 valence electrons. The molecule has 0 spiro atoms. The first-order chi connectivity index (χ1) is 10.2. The van der Waals surface area contributed by atoms with Gasteiger partial charge in [0.15, 0.2) is 5.16 Å². The Kier molecular flexibility index (Phi) is 6.22. The third-order valence-electron chi connectivity index (χ3n) is 3.16. The lowest BCUT2D eigenvalue weighted by Gasteiger charge is -2.11. The van der Waals surface area contributed by atoms with E-state index < -0.39 is 6.10 Å². The molecule has 2 rings (SSSR count). The van der Waals surface area contributed by atoms with Crippen molar-refractivity contribution < 1.29 is 9.84 Å². The van der Waals surface area contributed by atoms with Crippen molar-refractivity contribution in [3.05, 3.63) is 41.7 Å². The SMILES string of the molecule is COCCCn1cnnc1SCC(O)c1ccc(C)cc1. The summed E-state index contributed by atoms with van der Waals surface area (Å²) in [4.78, 5) is 0. The molecule has 1 heterocycles. The summed E-state index contributed by atoms with van der Waals surface area (Å²) in [6.45, 7) is 3.57. The quantitative estimate of drug-likeness (QED) is 0.599. The Balaban J connectivity index is 1.87. The fourth-order valence-corrected chi connectivity index (χ4v) is 2.84. The van der Waals surface area contributed by atoms with Gasteiger partial charge < -0.3 is 14.4 Å². The Morgan fingerprint density at radius 1 is 1.33 bits per heavy atom. The fourth-order valence-electron chi connectivity index (χ4n) is 1.93. The van der Waals surface area contributed by atoms with E-state index in [2.05, 4.69) is 10.2 Å². The highest BCUT2D eigenvalue weighted by atomic mass is 32.2. The van der Waals surface area contributed by atoms with Gasteiger partial charge in [-0.2, -0.15) is 0 Å². The van der Waals surface area contributed by atoms with Gasteiger partial charge in [-0.05, 0) is 18.9 Å². The maximum atomic E-state index is 10.2. The number of methoxy groups -OCH3 is 1. The molecule has 1 atom stereocenters. The summed E-state index contributed by atoms with van der Waals surface area (Å²) in [6.07, 6.45) is 2.14. The van der Waals surface area contributed by atoms with E-state index in [9.17, 15) is 5.11 Å². The summed E-state index contributed by atoms with van der Waals surface area (Å²) >= 11 is 1.52. The van der Waals surface area contributed by atoms with E-state index >= 15 is 0 Å². The number of aliphatic hydroxyl groups excluding tert-OH is 1. The Morgan fingerprint density at radius 2 is 2.10 bits per heavy atom. The van der Waals surface area contributed by atoms with Gasteiger partial charge in [-0.3, -0.25) is 0 Å². The van der Waals surface area contributed by atoms with Gasteiger partial charge in [0.1, 0.15) is 6.33 Å². The first-order valence-corrected chi connectivity index (χ1v) is 7.93. The average Bonchev–Trinajstić information content (AvgIpc) is 2.93. The molecule has 0 fully saturated rings. The number of aromatic nitrogens is 3. The average molecular weight is 307 g/mol. The minimum Gasteiger partial charge on any atom is -0.388 e. The molecular formula is C15H21N3O2S. The number of ether oxygens (including phenoxy) is 1. The van der Waals surface area contributed by atoms with Crippen molar-refractivity contribution in [3.8, 4) is 0 Å². The molecule has 0 amide bonds. The van der Waals surface area contributed by atoms with Crippen LogP contribution in [0.25, 0.3) is 0 Å². The van der Waals surface area contributed by atoms with Crippen molar-refractivity contribution >= 4 is 11.8 Å². The minimum atomic E-state index is -0.500. The highest BCUT2D eigenvalue weighted by Crippen LogP contribution is 2.23. The van der Waals surface area contributed by atoms with Gasteiger partial charge in [-0.15, -0.1) is 10.2 Å². The summed E-state index contributed by atoms with van der Waals surface area (Å²) in [7, 11) is 1.69. The van der Waals surface area contributed by atoms with Crippen molar-refractivity contribution in [1.29, 1.82) is 0 Å². The van der Waals surface area contributed by atoms with Gasteiger partial charge >= 0.3 is 0 Å². The van der Waals surface area contributed by atoms with Crippen LogP contribution >= 0.6 is 11.8 Å². The molecule has 1 aromatic carbocycles. The van der Waals surface area contributed by atoms with E-state index in [4.69, 9.17) is 4.74 Å². The van der Waals surface area contributed by atoms with Crippen LogP contribution in [0, 0.1) is 6.92 Å². The Hall–Kier alpha value is -1.37. The first-order valence-electron chi connectivity index (χ1n) is 6.95. The van der Waals surface area contributed by atoms with Crippen LogP contribution in [0.4, 0.5) is 0 Å². The van der Waals surface area contributed by atoms with Crippen LogP contribution in [0.3, 0.4) is 0 Å². The second kappa shape index (κ2) is 8.17. The van der Waals surface area contributed by atoms with Crippen LogP contribution < -0.4 is 0 Å². The van der Waals surface area contributed by atoms with Gasteiger partial charge in [0.05, 0.1) is 6.10 Å². The maximum absolute atomic E-state index is 10.2. The van der Waals surface area contributed by atoms with Crippen LogP contribution in [0.15, 0.2) is 35.7 Å². The molecule has 0 aliphatic carbocycles. The van der Waals surface area contributed by atoms with Crippen LogP contribution in [-0.4, -0.2) is 39.3 Å². The van der Waals surface area contributed by atoms with Crippen LogP contribution in [0.1, 0.15) is 23.7 Å². The lowest BCUT2D eigenvalue weighted by atomic mass is 10.1. The molecule has 1 N–H and O–H groups in total. The van der Waals surface area contributed by atoms with Crippen molar-refractivity contribution in [2.75, 3.05) is 19.5 Å². The predicted molar refractivity (Wildman–Crippen MR) is 83.4 cm³/mol. The molecule has 2 aromatic rings. The Labute approximate surface area is 129 Å². The predicted octanol–water partition coefficient (Wildman–Crippen LogP) is 2.45. The third kappa shape index (κ3) is 4.84. The molecule has 5 nitrogen and oxygen atoms in total. The summed E-state index contributed by atoms with van der Waals surface area (Å²) < 4.78 is 7.04. The molecule has 6 heteroatoms. The van der Waals surface area contributed by atoms with E-state index in [-0.39, 0.29) is 0 Å². The zero-order chi connectivity index (χ0) is 15.1. The molecule has 0 radical (unpaired) electrons. The molecular weight excluding hydrogens is 286 g/mol. The fraction of sp³-hybridized carbons (Fsp3) is 0.467. The highest BCUT2D eigenvalue weighted by molar-refractivity contribution is 7.99. The van der Waals surface area contributed by atoms with E-state index in [1.807, 2.05) is 35.8 Å². The van der Waals surface area contributed by atoms with E-state index in [1.54, 1.807) is 13.4 Å². The summed E-state index contributed by atoms with van der Waals surface area (Å²) in [5, 5.41) is 19.1. The van der Waals surface area contributed by atoms with Gasteiger partial charge in [0.25, 0.3) is 0 Å². The smallest absolute Gasteiger partial charge is 0.191 e. The molecule has 0 saturated heterocycles. The monoisotopic (exact) mass is 307 g/mol. The summed E-state index contributed by atoms with van der Waals surface area (Å²) in [5.41, 5.74) is 2.12. The van der Waals surface area contributed by atoms with Crippen molar-refractivity contribution in [2.45, 2.75) is 31.1 Å². The number of hydrogen-bond donors (Lipinski definition) is 1. The van der Waals surface area contributed by atoms with E-state index in [1.165, 1.54) is 17.3 Å². The van der Waals surface area contributed by atoms with Crippen molar-refractivity contribution in [2.24, 2.45) is 0 Å².